The Kier molecular flexibility index (Phi) is 7.22. The summed E-state index contributed by atoms with van der Waals surface area (Å²) in [6.45, 7) is 2.05. The van der Waals surface area contributed by atoms with Crippen molar-refractivity contribution in [1.29, 1.82) is 0 Å². The molecule has 1 saturated heterocycles. The fourth-order valence-corrected chi connectivity index (χ4v) is 4.53. The fourth-order valence-electron chi connectivity index (χ4n) is 4.53. The van der Waals surface area contributed by atoms with Gasteiger partial charge in [-0.25, -0.2) is 4.79 Å². The highest BCUT2D eigenvalue weighted by Crippen LogP contribution is 2.53. The van der Waals surface area contributed by atoms with E-state index in [1.54, 1.807) is 7.11 Å². The third kappa shape index (κ3) is 5.23. The van der Waals surface area contributed by atoms with Crippen LogP contribution in [0.2, 0.25) is 0 Å². The molecule has 1 amide bonds. The van der Waals surface area contributed by atoms with Crippen molar-refractivity contribution < 1.29 is 33.4 Å². The molecular weight excluding hydrogens is 464 g/mol. The Bertz CT molecular complexity index is 1160. The summed E-state index contributed by atoms with van der Waals surface area (Å²) in [4.78, 5) is 12.6. The van der Waals surface area contributed by atoms with Gasteiger partial charge in [0.15, 0.2) is 12.6 Å². The molecule has 1 N–H and O–H groups in total. The molecule has 1 aliphatic heterocycles. The number of amides is 1. The molecule has 9 nitrogen and oxygen atoms in total. The van der Waals surface area contributed by atoms with Gasteiger partial charge in [0.1, 0.15) is 11.4 Å². The highest BCUT2D eigenvalue weighted by Gasteiger charge is 2.50. The summed E-state index contributed by atoms with van der Waals surface area (Å²) >= 11 is 0. The van der Waals surface area contributed by atoms with E-state index in [-0.39, 0.29) is 18.3 Å². The lowest BCUT2D eigenvalue weighted by Gasteiger charge is -2.31. The molecule has 1 aliphatic carbocycles. The molecule has 0 radical (unpaired) electrons. The molecule has 0 unspecified atom stereocenters. The maximum atomic E-state index is 11.3. The molecule has 3 aromatic rings. The summed E-state index contributed by atoms with van der Waals surface area (Å²) in [6.07, 6.45) is 0.654. The minimum absolute atomic E-state index is 0.186. The number of hydrogen-bond donors (Lipinski definition) is 1. The molecule has 9 heteroatoms. The van der Waals surface area contributed by atoms with Gasteiger partial charge in [-0.1, -0.05) is 35.5 Å². The number of aromatic nitrogens is 1. The molecule has 5 rings (SSSR count). The highest BCUT2D eigenvalue weighted by molar-refractivity contribution is 5.83. The van der Waals surface area contributed by atoms with Crippen molar-refractivity contribution in [2.75, 3.05) is 46.8 Å². The van der Waals surface area contributed by atoms with Gasteiger partial charge < -0.3 is 33.5 Å². The molecule has 36 heavy (non-hydrogen) atoms. The largest absolute Gasteiger partial charge is 0.468 e. The molecule has 190 valence electrons. The standard InChI is InChI=1S/C27H30N2O7/c1-32-18-35-21-9-7-20(8-10-21)24-23(19-5-3-2-4-6-19)25(36-28-24)27(11-12-27)17-33-16-22-15-29(26(30)31)13-14-34-22/h2-10,22H,11-18H2,1H3,(H,30,31)/t22-/m1/s1. The van der Waals surface area contributed by atoms with Crippen molar-refractivity contribution >= 4 is 6.09 Å². The van der Waals surface area contributed by atoms with Crippen LogP contribution in [0.25, 0.3) is 22.4 Å². The van der Waals surface area contributed by atoms with Crippen molar-refractivity contribution in [2.24, 2.45) is 0 Å². The van der Waals surface area contributed by atoms with Gasteiger partial charge in [-0.15, -0.1) is 0 Å². The summed E-state index contributed by atoms with van der Waals surface area (Å²) in [5, 5.41) is 13.8. The van der Waals surface area contributed by atoms with Crippen molar-refractivity contribution in [3.05, 3.63) is 60.4 Å². The minimum atomic E-state index is -0.929. The Labute approximate surface area is 209 Å². The van der Waals surface area contributed by atoms with Gasteiger partial charge in [-0.2, -0.15) is 0 Å². The van der Waals surface area contributed by atoms with E-state index in [4.69, 9.17) is 23.5 Å². The van der Waals surface area contributed by atoms with Gasteiger partial charge in [0.2, 0.25) is 0 Å². The van der Waals surface area contributed by atoms with E-state index in [0.29, 0.717) is 38.7 Å². The lowest BCUT2D eigenvalue weighted by atomic mass is 9.92. The topological polar surface area (TPSA) is 103 Å². The van der Waals surface area contributed by atoms with Crippen molar-refractivity contribution in [2.45, 2.75) is 24.4 Å². The Balaban J connectivity index is 1.36. The third-order valence-electron chi connectivity index (χ3n) is 6.65. The lowest BCUT2D eigenvalue weighted by Crippen LogP contribution is -2.46. The normalized spacial score (nSPS) is 18.7. The van der Waals surface area contributed by atoms with E-state index >= 15 is 0 Å². The first kappa shape index (κ1) is 24.3. The van der Waals surface area contributed by atoms with Gasteiger partial charge in [0.05, 0.1) is 43.4 Å². The fraction of sp³-hybridized carbons (Fsp3) is 0.407. The monoisotopic (exact) mass is 494 g/mol. The zero-order valence-electron chi connectivity index (χ0n) is 20.2. The van der Waals surface area contributed by atoms with Crippen LogP contribution in [0.1, 0.15) is 18.6 Å². The zero-order chi connectivity index (χ0) is 25.0. The number of nitrogens with zero attached hydrogens (tertiary/aromatic N) is 2. The molecule has 1 aromatic heterocycles. The lowest BCUT2D eigenvalue weighted by molar-refractivity contribution is -0.0662. The van der Waals surface area contributed by atoms with Gasteiger partial charge in [-0.05, 0) is 42.7 Å². The van der Waals surface area contributed by atoms with Crippen LogP contribution in [0.15, 0.2) is 59.1 Å². The summed E-state index contributed by atoms with van der Waals surface area (Å²) in [5.74, 6) is 1.53. The summed E-state index contributed by atoms with van der Waals surface area (Å²) in [7, 11) is 1.59. The predicted molar refractivity (Wildman–Crippen MR) is 131 cm³/mol. The van der Waals surface area contributed by atoms with Crippen LogP contribution in [0.3, 0.4) is 0 Å². The number of benzene rings is 2. The number of carboxylic acid groups (broad SMARTS) is 1. The molecule has 0 spiro atoms. The molecule has 2 aromatic carbocycles. The van der Waals surface area contributed by atoms with E-state index in [1.807, 2.05) is 42.5 Å². The maximum absolute atomic E-state index is 11.3. The maximum Gasteiger partial charge on any atom is 0.407 e. The van der Waals surface area contributed by atoms with Crippen LogP contribution in [0.4, 0.5) is 4.79 Å². The first-order chi connectivity index (χ1) is 17.6. The number of methoxy groups -OCH3 is 1. The van der Waals surface area contributed by atoms with Crippen LogP contribution in [-0.4, -0.2) is 74.2 Å². The van der Waals surface area contributed by atoms with E-state index in [2.05, 4.69) is 17.3 Å². The molecule has 2 aliphatic rings. The SMILES string of the molecule is COCOc1ccc(-c2noc(C3(COC[C@H]4CN(C(=O)O)CCO4)CC3)c2-c2ccccc2)cc1. The third-order valence-corrected chi connectivity index (χ3v) is 6.65. The average Bonchev–Trinajstić information content (AvgIpc) is 3.56. The second kappa shape index (κ2) is 10.7. The zero-order valence-corrected chi connectivity index (χ0v) is 20.2. The van der Waals surface area contributed by atoms with E-state index in [1.165, 1.54) is 4.90 Å². The van der Waals surface area contributed by atoms with Gasteiger partial charge in [0, 0.05) is 19.2 Å². The van der Waals surface area contributed by atoms with E-state index in [9.17, 15) is 9.90 Å². The van der Waals surface area contributed by atoms with Gasteiger partial charge in [0.25, 0.3) is 0 Å². The first-order valence-corrected chi connectivity index (χ1v) is 12.0. The summed E-state index contributed by atoms with van der Waals surface area (Å²) in [5.41, 5.74) is 3.43. The Morgan fingerprint density at radius 1 is 1.14 bits per heavy atom. The number of hydrogen-bond acceptors (Lipinski definition) is 7. The van der Waals surface area contributed by atoms with Crippen molar-refractivity contribution in [3.8, 4) is 28.1 Å². The Hall–Kier alpha value is -3.40. The van der Waals surface area contributed by atoms with Crippen LogP contribution in [-0.2, 0) is 19.6 Å². The molecular formula is C27H30N2O7. The Morgan fingerprint density at radius 3 is 2.61 bits per heavy atom. The predicted octanol–water partition coefficient (Wildman–Crippen LogP) is 4.42. The quantitative estimate of drug-likeness (QED) is 0.413. The first-order valence-electron chi connectivity index (χ1n) is 12.0. The molecule has 1 atom stereocenters. The van der Waals surface area contributed by atoms with Crippen LogP contribution < -0.4 is 4.74 Å². The molecule has 2 fully saturated rings. The number of morpholine rings is 1. The van der Waals surface area contributed by atoms with E-state index < -0.39 is 6.09 Å². The van der Waals surface area contributed by atoms with Crippen LogP contribution in [0.5, 0.6) is 5.75 Å². The van der Waals surface area contributed by atoms with Crippen LogP contribution in [0, 0.1) is 0 Å². The summed E-state index contributed by atoms with van der Waals surface area (Å²) in [6, 6.07) is 17.8. The van der Waals surface area contributed by atoms with Crippen molar-refractivity contribution in [3.63, 3.8) is 0 Å². The Morgan fingerprint density at radius 2 is 1.92 bits per heavy atom. The number of carbonyl (C=O) groups is 1. The van der Waals surface area contributed by atoms with Crippen LogP contribution >= 0.6 is 0 Å². The average molecular weight is 495 g/mol. The number of rotatable bonds is 10. The molecule has 2 heterocycles. The molecule has 0 bridgehead atoms. The number of ether oxygens (including phenoxy) is 4. The minimum Gasteiger partial charge on any atom is -0.468 e. The smallest absolute Gasteiger partial charge is 0.407 e. The highest BCUT2D eigenvalue weighted by atomic mass is 16.7. The van der Waals surface area contributed by atoms with Crippen molar-refractivity contribution in [1.82, 2.24) is 10.1 Å². The van der Waals surface area contributed by atoms with Gasteiger partial charge in [-0.3, -0.25) is 0 Å². The van der Waals surface area contributed by atoms with Gasteiger partial charge >= 0.3 is 6.09 Å². The second-order valence-corrected chi connectivity index (χ2v) is 9.19. The summed E-state index contributed by atoms with van der Waals surface area (Å²) < 4.78 is 28.3. The van der Waals surface area contributed by atoms with E-state index in [0.717, 1.165) is 41.0 Å². The second-order valence-electron chi connectivity index (χ2n) is 9.19. The molecule has 1 saturated carbocycles.